The molecule has 8 nitrogen and oxygen atoms in total. The van der Waals surface area contributed by atoms with Crippen molar-refractivity contribution in [1.29, 1.82) is 0 Å². The third kappa shape index (κ3) is 5.57. The molecule has 45 heavy (non-hydrogen) atoms. The zero-order valence-corrected chi connectivity index (χ0v) is 28.0. The van der Waals surface area contributed by atoms with Gasteiger partial charge in [0.15, 0.2) is 0 Å². The standard InChI is InChI=1S/C37H56O8/c1-5-37(20-24-7-8-25(37)16-24)45-33(41)11-6-23(2)28-9-10-29-34-30(19-32(36(28,29)4)42-15-14-38)35(3)13-12-27(43-21-39)17-26(35)18-31(34)44-22-40/h14,21-32,34H,5-13,15-20H2,1-4H3/t23-,24-,25+,26+,27-,28-,29+,30+,31-,32+,34+,35+,36-,37+/m1/s1. The molecular weight excluding hydrogens is 572 g/mol. The molecule has 6 fully saturated rings. The lowest BCUT2D eigenvalue weighted by atomic mass is 9.43. The van der Waals surface area contributed by atoms with Gasteiger partial charge in [-0.15, -0.1) is 0 Å². The van der Waals surface area contributed by atoms with Gasteiger partial charge >= 0.3 is 5.97 Å². The Hall–Kier alpha value is -1.96. The Kier molecular flexibility index (Phi) is 9.46. The molecule has 0 amide bonds. The van der Waals surface area contributed by atoms with E-state index < -0.39 is 0 Å². The number of rotatable bonds is 13. The van der Waals surface area contributed by atoms with E-state index in [1.165, 1.54) is 19.3 Å². The summed E-state index contributed by atoms with van der Waals surface area (Å²) in [6.45, 7) is 10.5. The molecule has 252 valence electrons. The summed E-state index contributed by atoms with van der Waals surface area (Å²) >= 11 is 0. The van der Waals surface area contributed by atoms with Crippen LogP contribution in [0.25, 0.3) is 0 Å². The van der Waals surface area contributed by atoms with Crippen LogP contribution in [0.4, 0.5) is 0 Å². The minimum absolute atomic E-state index is 0.0165. The number of fused-ring (bicyclic) bond motifs is 7. The summed E-state index contributed by atoms with van der Waals surface area (Å²) in [6, 6.07) is 0. The Morgan fingerprint density at radius 3 is 2.38 bits per heavy atom. The summed E-state index contributed by atoms with van der Waals surface area (Å²) in [5.74, 6) is 2.88. The molecule has 2 bridgehead atoms. The van der Waals surface area contributed by atoms with E-state index in [4.69, 9.17) is 18.9 Å². The van der Waals surface area contributed by atoms with E-state index in [0.29, 0.717) is 31.2 Å². The Bertz CT molecular complexity index is 1110. The molecule has 14 atom stereocenters. The molecule has 0 unspecified atom stereocenters. The van der Waals surface area contributed by atoms with Crippen molar-refractivity contribution in [2.75, 3.05) is 6.61 Å². The summed E-state index contributed by atoms with van der Waals surface area (Å²) in [5.41, 5.74) is -0.433. The molecule has 6 saturated carbocycles. The van der Waals surface area contributed by atoms with E-state index in [1.54, 1.807) is 0 Å². The number of carbonyl (C=O) groups is 4. The van der Waals surface area contributed by atoms with Crippen LogP contribution in [-0.2, 0) is 38.1 Å². The zero-order valence-electron chi connectivity index (χ0n) is 28.0. The molecule has 6 aliphatic carbocycles. The van der Waals surface area contributed by atoms with Crippen molar-refractivity contribution in [3.63, 3.8) is 0 Å². The number of carbonyl (C=O) groups excluding carboxylic acids is 4. The fourth-order valence-corrected chi connectivity index (χ4v) is 12.7. The van der Waals surface area contributed by atoms with Gasteiger partial charge in [0.05, 0.1) is 6.10 Å². The van der Waals surface area contributed by atoms with Crippen molar-refractivity contribution in [3.05, 3.63) is 0 Å². The molecule has 0 spiro atoms. The molecule has 0 aromatic rings. The first-order valence-electron chi connectivity index (χ1n) is 18.1. The van der Waals surface area contributed by atoms with E-state index in [2.05, 4.69) is 27.7 Å². The fraction of sp³-hybridized carbons (Fsp3) is 0.892. The van der Waals surface area contributed by atoms with Gasteiger partial charge in [0.2, 0.25) is 0 Å². The third-order valence-electron chi connectivity index (χ3n) is 14.9. The van der Waals surface area contributed by atoms with E-state index >= 15 is 0 Å². The Labute approximate surface area is 269 Å². The summed E-state index contributed by atoms with van der Waals surface area (Å²) in [6.07, 6.45) is 13.6. The van der Waals surface area contributed by atoms with Gasteiger partial charge < -0.3 is 23.7 Å². The second-order valence-electron chi connectivity index (χ2n) is 16.4. The highest BCUT2D eigenvalue weighted by Gasteiger charge is 2.67. The molecule has 8 heteroatoms. The predicted octanol–water partition coefficient (Wildman–Crippen LogP) is 6.46. The van der Waals surface area contributed by atoms with Gasteiger partial charge in [-0.05, 0) is 130 Å². The lowest BCUT2D eigenvalue weighted by Crippen LogP contribution is -2.63. The maximum Gasteiger partial charge on any atom is 0.306 e. The van der Waals surface area contributed by atoms with Crippen molar-refractivity contribution in [2.24, 2.45) is 58.2 Å². The monoisotopic (exact) mass is 628 g/mol. The molecule has 0 saturated heterocycles. The van der Waals surface area contributed by atoms with E-state index in [9.17, 15) is 19.2 Å². The first kappa shape index (κ1) is 33.0. The number of esters is 1. The highest BCUT2D eigenvalue weighted by molar-refractivity contribution is 5.70. The van der Waals surface area contributed by atoms with Crippen molar-refractivity contribution >= 4 is 25.2 Å². The van der Waals surface area contributed by atoms with Gasteiger partial charge in [-0.25, -0.2) is 0 Å². The van der Waals surface area contributed by atoms with Crippen LogP contribution in [0.2, 0.25) is 0 Å². The summed E-state index contributed by atoms with van der Waals surface area (Å²) in [4.78, 5) is 47.9. The lowest BCUT2D eigenvalue weighted by Gasteiger charge is -2.64. The quantitative estimate of drug-likeness (QED) is 0.130. The highest BCUT2D eigenvalue weighted by atomic mass is 16.6. The van der Waals surface area contributed by atoms with Gasteiger partial charge in [0, 0.05) is 17.8 Å². The molecule has 0 N–H and O–H groups in total. The minimum atomic E-state index is -0.249. The smallest absolute Gasteiger partial charge is 0.306 e. The number of hydrogen-bond donors (Lipinski definition) is 0. The Balaban J connectivity index is 1.20. The topological polar surface area (TPSA) is 105 Å². The third-order valence-corrected chi connectivity index (χ3v) is 14.9. The maximum absolute atomic E-state index is 13.3. The van der Waals surface area contributed by atoms with Gasteiger partial charge in [0.25, 0.3) is 12.9 Å². The van der Waals surface area contributed by atoms with Crippen molar-refractivity contribution in [3.8, 4) is 0 Å². The van der Waals surface area contributed by atoms with Crippen LogP contribution in [-0.4, -0.2) is 55.7 Å². The molecule has 0 aliphatic heterocycles. The Morgan fingerprint density at radius 1 is 0.911 bits per heavy atom. The number of hydrogen-bond acceptors (Lipinski definition) is 8. The van der Waals surface area contributed by atoms with Crippen molar-refractivity contribution in [2.45, 2.75) is 141 Å². The van der Waals surface area contributed by atoms with Crippen LogP contribution < -0.4 is 0 Å². The fourth-order valence-electron chi connectivity index (χ4n) is 12.7. The molecule has 6 rings (SSSR count). The summed E-state index contributed by atoms with van der Waals surface area (Å²) < 4.78 is 24.2. The molecular formula is C37H56O8. The molecule has 0 aromatic heterocycles. The van der Waals surface area contributed by atoms with Gasteiger partial charge in [-0.2, -0.15) is 0 Å². The minimum Gasteiger partial charge on any atom is -0.465 e. The highest BCUT2D eigenvalue weighted by Crippen LogP contribution is 2.69. The second-order valence-corrected chi connectivity index (χ2v) is 16.4. The zero-order chi connectivity index (χ0) is 32.0. The average molecular weight is 629 g/mol. The van der Waals surface area contributed by atoms with Crippen molar-refractivity contribution in [1.82, 2.24) is 0 Å². The SMILES string of the molecule is CC[C@]1(OC(=O)CC[C@@H](C)[C@H]2CC[C@H]3[C@@H]4[C@H](OC=O)C[C@@H]5C[C@H](OC=O)CC[C@]5(C)[C@H]4C[C@H](OCC=O)[C@]23C)C[C@@H]2CC[C@H]1C2. The average Bonchev–Trinajstić information content (AvgIpc) is 3.73. The Morgan fingerprint density at radius 2 is 1.71 bits per heavy atom. The van der Waals surface area contributed by atoms with Crippen LogP contribution >= 0.6 is 0 Å². The van der Waals surface area contributed by atoms with Gasteiger partial charge in [-0.1, -0.05) is 27.7 Å². The van der Waals surface area contributed by atoms with Crippen LogP contribution in [0, 0.1) is 58.2 Å². The number of aldehydes is 1. The first-order valence-corrected chi connectivity index (χ1v) is 18.1. The molecule has 0 radical (unpaired) electrons. The van der Waals surface area contributed by atoms with Gasteiger partial charge in [0.1, 0.15) is 30.7 Å². The summed E-state index contributed by atoms with van der Waals surface area (Å²) in [5, 5.41) is 0. The second kappa shape index (κ2) is 12.9. The van der Waals surface area contributed by atoms with E-state index in [1.807, 2.05) is 0 Å². The van der Waals surface area contributed by atoms with Crippen LogP contribution in [0.15, 0.2) is 0 Å². The lowest BCUT2D eigenvalue weighted by molar-refractivity contribution is -0.221. The van der Waals surface area contributed by atoms with E-state index in [-0.39, 0.29) is 76.9 Å². The van der Waals surface area contributed by atoms with Crippen LogP contribution in [0.3, 0.4) is 0 Å². The van der Waals surface area contributed by atoms with Crippen LogP contribution in [0.1, 0.15) is 118 Å². The molecule has 0 heterocycles. The predicted molar refractivity (Wildman–Crippen MR) is 167 cm³/mol. The molecule has 6 aliphatic rings. The normalized spacial score (nSPS) is 47.1. The summed E-state index contributed by atoms with van der Waals surface area (Å²) in [7, 11) is 0. The first-order chi connectivity index (χ1) is 21.6. The van der Waals surface area contributed by atoms with Crippen LogP contribution in [0.5, 0.6) is 0 Å². The molecule has 0 aromatic carbocycles. The largest absolute Gasteiger partial charge is 0.465 e. The van der Waals surface area contributed by atoms with E-state index in [0.717, 1.165) is 76.4 Å². The maximum atomic E-state index is 13.3. The van der Waals surface area contributed by atoms with Crippen molar-refractivity contribution < 1.29 is 38.1 Å². The number of ether oxygens (including phenoxy) is 4. The van der Waals surface area contributed by atoms with Gasteiger partial charge in [-0.3, -0.25) is 14.4 Å².